The predicted molar refractivity (Wildman–Crippen MR) is 105 cm³/mol. The molecule has 0 unspecified atom stereocenters. The molecule has 4 aromatic rings. The van der Waals surface area contributed by atoms with Crippen LogP contribution in [0.25, 0.3) is 22.5 Å². The van der Waals surface area contributed by atoms with Gasteiger partial charge in [0, 0.05) is 18.7 Å². The first-order valence-electron chi connectivity index (χ1n) is 9.04. The highest BCUT2D eigenvalue weighted by Crippen LogP contribution is 2.30. The lowest BCUT2D eigenvalue weighted by Gasteiger charge is -2.08. The molecule has 9 nitrogen and oxygen atoms in total. The minimum absolute atomic E-state index is 0.159. The molecule has 0 saturated carbocycles. The third-order valence-electron chi connectivity index (χ3n) is 4.46. The normalized spacial score (nSPS) is 11.5. The van der Waals surface area contributed by atoms with Gasteiger partial charge in [-0.3, -0.25) is 4.79 Å². The Hall–Kier alpha value is -3.86. The zero-order valence-corrected chi connectivity index (χ0v) is 16.3. The molecule has 3 aromatic heterocycles. The summed E-state index contributed by atoms with van der Waals surface area (Å²) in [4.78, 5) is 42.7. The second-order valence-electron chi connectivity index (χ2n) is 6.96. The summed E-state index contributed by atoms with van der Waals surface area (Å²) in [5, 5.41) is 2.33. The van der Waals surface area contributed by atoms with Crippen LogP contribution in [0, 0.1) is 11.6 Å². The van der Waals surface area contributed by atoms with E-state index in [1.165, 1.54) is 6.07 Å². The summed E-state index contributed by atoms with van der Waals surface area (Å²) in [6.07, 6.45) is 0.351. The Balaban J connectivity index is 1.89. The lowest BCUT2D eigenvalue weighted by atomic mass is 10.2. The van der Waals surface area contributed by atoms with Crippen LogP contribution in [-0.4, -0.2) is 36.4 Å². The molecule has 0 spiro atoms. The highest BCUT2D eigenvalue weighted by atomic mass is 19.1. The molecule has 3 bridgehead atoms. The summed E-state index contributed by atoms with van der Waals surface area (Å²) in [5.41, 5.74) is -2.60. The van der Waals surface area contributed by atoms with Gasteiger partial charge in [0.05, 0.1) is 11.1 Å². The number of benzene rings is 1. The average Bonchev–Trinajstić information content (AvgIpc) is 3.03. The fourth-order valence-electron chi connectivity index (χ4n) is 2.95. The Morgan fingerprint density at radius 3 is 2.52 bits per heavy atom. The van der Waals surface area contributed by atoms with Gasteiger partial charge in [-0.25, -0.2) is 23.4 Å². The molecule has 0 atom stereocenters. The molecular formula is C20H15F2N3O6. The fraction of sp³-hybridized carbons (Fsp3) is 0.200. The predicted octanol–water partition coefficient (Wildman–Crippen LogP) is 2.52. The van der Waals surface area contributed by atoms with E-state index in [0.29, 0.717) is 24.6 Å². The van der Waals surface area contributed by atoms with Crippen LogP contribution in [0.4, 0.5) is 14.6 Å². The van der Waals surface area contributed by atoms with E-state index in [9.17, 15) is 23.2 Å². The Bertz CT molecular complexity index is 1440. The van der Waals surface area contributed by atoms with Crippen molar-refractivity contribution in [3.8, 4) is 0 Å². The van der Waals surface area contributed by atoms with E-state index in [-0.39, 0.29) is 28.3 Å². The van der Waals surface area contributed by atoms with Crippen molar-refractivity contribution in [1.29, 1.82) is 0 Å². The molecule has 0 aliphatic heterocycles. The number of anilines is 1. The standard InChI is InChI=1S/C20H15F2N3O6/c1-25(2)6-5-11-15-13-8-14(29-18(27)19(28)31-20(11)30-13)16(23-15)24-17(26)10-4-3-9(21)7-12(10)22/h3-4,7-8H,5-6H2,1-2H3,(H,23,24,26). The van der Waals surface area contributed by atoms with E-state index in [0.717, 1.165) is 12.1 Å². The topological polar surface area (TPSA) is 119 Å². The number of fused-ring (bicyclic) bond motifs is 2. The van der Waals surface area contributed by atoms with Crippen molar-refractivity contribution >= 4 is 34.2 Å². The van der Waals surface area contributed by atoms with Crippen LogP contribution in [-0.2, 0) is 6.42 Å². The summed E-state index contributed by atoms with van der Waals surface area (Å²) in [6, 6.07) is 3.71. The van der Waals surface area contributed by atoms with Crippen LogP contribution in [0.5, 0.6) is 0 Å². The van der Waals surface area contributed by atoms with Crippen LogP contribution in [0.1, 0.15) is 15.9 Å². The van der Waals surface area contributed by atoms with Crippen LogP contribution < -0.4 is 16.6 Å². The highest BCUT2D eigenvalue weighted by Gasteiger charge is 2.21. The van der Waals surface area contributed by atoms with Crippen LogP contribution in [0.3, 0.4) is 0 Å². The molecule has 0 aliphatic carbocycles. The SMILES string of the molecule is CN(C)CCc1c2oc(=O)c(=O)oc3cc(o2)c1nc3NC(=O)c1ccc(F)cc1F. The number of nitrogens with zero attached hydrogens (tertiary/aromatic N) is 2. The van der Waals surface area contributed by atoms with Crippen molar-refractivity contribution in [1.82, 2.24) is 9.88 Å². The van der Waals surface area contributed by atoms with Gasteiger partial charge in [-0.1, -0.05) is 0 Å². The Morgan fingerprint density at radius 2 is 1.81 bits per heavy atom. The smallest absolute Gasteiger partial charge is 0.423 e. The van der Waals surface area contributed by atoms with E-state index in [1.54, 1.807) is 0 Å². The number of furan rings is 1. The number of halogens is 2. The Labute approximate surface area is 171 Å². The number of pyridine rings is 1. The van der Waals surface area contributed by atoms with Crippen molar-refractivity contribution in [3.05, 3.63) is 67.9 Å². The molecule has 0 saturated heterocycles. The number of aromatic nitrogens is 1. The number of hydrogen-bond donors (Lipinski definition) is 1. The van der Waals surface area contributed by atoms with Crippen molar-refractivity contribution in [2.75, 3.05) is 26.0 Å². The van der Waals surface area contributed by atoms with Crippen molar-refractivity contribution in [3.63, 3.8) is 0 Å². The molecule has 1 aromatic carbocycles. The van der Waals surface area contributed by atoms with Crippen LogP contribution in [0.15, 0.2) is 47.1 Å². The third-order valence-corrected chi connectivity index (χ3v) is 4.46. The first kappa shape index (κ1) is 20.4. The number of rotatable bonds is 5. The summed E-state index contributed by atoms with van der Waals surface area (Å²) < 4.78 is 42.6. The van der Waals surface area contributed by atoms with Gasteiger partial charge in [0.15, 0.2) is 17.0 Å². The second kappa shape index (κ2) is 7.76. The third kappa shape index (κ3) is 3.94. The number of hydrogen-bond acceptors (Lipinski definition) is 8. The molecular weight excluding hydrogens is 416 g/mol. The molecule has 0 fully saturated rings. The van der Waals surface area contributed by atoms with Crippen LogP contribution >= 0.6 is 0 Å². The quantitative estimate of drug-likeness (QED) is 0.479. The first-order chi connectivity index (χ1) is 14.7. The van der Waals surface area contributed by atoms with Gasteiger partial charge < -0.3 is 23.5 Å². The molecule has 1 amide bonds. The highest BCUT2D eigenvalue weighted by molar-refractivity contribution is 6.06. The maximum Gasteiger partial charge on any atom is 0.425 e. The number of carbonyl (C=O) groups is 1. The molecule has 1 N–H and O–H groups in total. The van der Waals surface area contributed by atoms with E-state index < -0.39 is 34.4 Å². The van der Waals surface area contributed by atoms with Gasteiger partial charge in [-0.2, -0.15) is 0 Å². The van der Waals surface area contributed by atoms with Crippen molar-refractivity contribution in [2.45, 2.75) is 6.42 Å². The summed E-state index contributed by atoms with van der Waals surface area (Å²) in [6.45, 7) is 0.537. The number of carbonyl (C=O) groups excluding carboxylic acids is 1. The zero-order valence-electron chi connectivity index (χ0n) is 16.3. The molecule has 160 valence electrons. The van der Waals surface area contributed by atoms with Gasteiger partial charge in [0.1, 0.15) is 17.2 Å². The van der Waals surface area contributed by atoms with E-state index in [4.69, 9.17) is 13.3 Å². The van der Waals surface area contributed by atoms with Gasteiger partial charge in [-0.15, -0.1) is 0 Å². The van der Waals surface area contributed by atoms with E-state index in [2.05, 4.69) is 10.3 Å². The molecule has 0 aliphatic rings. The second-order valence-corrected chi connectivity index (χ2v) is 6.96. The van der Waals surface area contributed by atoms with E-state index >= 15 is 0 Å². The van der Waals surface area contributed by atoms with Gasteiger partial charge in [0.2, 0.25) is 0 Å². The van der Waals surface area contributed by atoms with Crippen LogP contribution in [0.2, 0.25) is 0 Å². The monoisotopic (exact) mass is 431 g/mol. The lowest BCUT2D eigenvalue weighted by molar-refractivity contribution is 0.102. The molecule has 4 rings (SSSR count). The lowest BCUT2D eigenvalue weighted by Crippen LogP contribution is -2.20. The number of likely N-dealkylation sites (N-methyl/N-ethyl adjacent to an activating group) is 1. The largest absolute Gasteiger partial charge is 0.425 e. The minimum Gasteiger partial charge on any atom is -0.423 e. The van der Waals surface area contributed by atoms with Gasteiger partial charge >= 0.3 is 11.3 Å². The summed E-state index contributed by atoms with van der Waals surface area (Å²) >= 11 is 0. The fourth-order valence-corrected chi connectivity index (χ4v) is 2.95. The summed E-state index contributed by atoms with van der Waals surface area (Å²) in [7, 11) is 3.67. The average molecular weight is 431 g/mol. The first-order valence-corrected chi connectivity index (χ1v) is 9.04. The van der Waals surface area contributed by atoms with Crippen molar-refractivity contribution < 1.29 is 26.8 Å². The van der Waals surface area contributed by atoms with Gasteiger partial charge in [-0.05, 0) is 32.6 Å². The molecule has 3 heterocycles. The molecule has 31 heavy (non-hydrogen) atoms. The Morgan fingerprint density at radius 1 is 1.06 bits per heavy atom. The Kier molecular flexibility index (Phi) is 5.11. The van der Waals surface area contributed by atoms with Gasteiger partial charge in [0.25, 0.3) is 11.7 Å². The maximum atomic E-state index is 14.0. The number of nitrogens with one attached hydrogen (secondary N) is 1. The minimum atomic E-state index is -1.36. The number of amides is 1. The molecule has 11 heteroatoms. The zero-order chi connectivity index (χ0) is 22.3. The maximum absolute atomic E-state index is 14.0. The molecule has 0 radical (unpaired) electrons. The van der Waals surface area contributed by atoms with Crippen molar-refractivity contribution in [2.24, 2.45) is 0 Å². The summed E-state index contributed by atoms with van der Waals surface area (Å²) in [5.74, 6) is -3.34. The van der Waals surface area contributed by atoms with E-state index in [1.807, 2.05) is 19.0 Å².